The van der Waals surface area contributed by atoms with E-state index in [9.17, 15) is 0 Å². The van der Waals surface area contributed by atoms with E-state index in [1.54, 1.807) is 0 Å². The highest BCUT2D eigenvalue weighted by Gasteiger charge is 2.14. The van der Waals surface area contributed by atoms with Crippen LogP contribution in [-0.2, 0) is 0 Å². The van der Waals surface area contributed by atoms with E-state index in [0.29, 0.717) is 6.04 Å². The first-order valence-electron chi connectivity index (χ1n) is 8.05. The molecule has 0 heterocycles. The third-order valence-corrected chi connectivity index (χ3v) is 4.71. The normalized spacial score (nSPS) is 18.2. The van der Waals surface area contributed by atoms with Crippen molar-refractivity contribution in [2.24, 2.45) is 5.92 Å². The summed E-state index contributed by atoms with van der Waals surface area (Å²) in [6.07, 6.45) is 7.12. The van der Waals surface area contributed by atoms with Crippen molar-refractivity contribution in [2.75, 3.05) is 6.54 Å². The zero-order chi connectivity index (χ0) is 13.8. The minimum atomic E-state index is 0.446. The Hall–Kier alpha value is -1.34. The molecule has 20 heavy (non-hydrogen) atoms. The highest BCUT2D eigenvalue weighted by atomic mass is 14.9. The van der Waals surface area contributed by atoms with Crippen LogP contribution in [0.3, 0.4) is 0 Å². The zero-order valence-electron chi connectivity index (χ0n) is 12.4. The van der Waals surface area contributed by atoms with Crippen LogP contribution < -0.4 is 5.32 Å². The lowest BCUT2D eigenvalue weighted by Gasteiger charge is -2.24. The van der Waals surface area contributed by atoms with Gasteiger partial charge in [0.1, 0.15) is 0 Å². The van der Waals surface area contributed by atoms with Gasteiger partial charge in [-0.2, -0.15) is 0 Å². The maximum Gasteiger partial charge on any atom is 0.0292 e. The third-order valence-electron chi connectivity index (χ3n) is 4.71. The van der Waals surface area contributed by atoms with Crippen molar-refractivity contribution in [3.63, 3.8) is 0 Å². The summed E-state index contributed by atoms with van der Waals surface area (Å²) < 4.78 is 0. The average molecular weight is 267 g/mol. The minimum Gasteiger partial charge on any atom is -0.310 e. The largest absolute Gasteiger partial charge is 0.310 e. The summed E-state index contributed by atoms with van der Waals surface area (Å²) in [4.78, 5) is 0. The molecule has 0 bridgehead atoms. The van der Waals surface area contributed by atoms with E-state index in [2.05, 4.69) is 54.7 Å². The monoisotopic (exact) mass is 267 g/mol. The first-order chi connectivity index (χ1) is 9.83. The molecule has 0 aliphatic heterocycles. The second kappa shape index (κ2) is 6.41. The Morgan fingerprint density at radius 2 is 1.75 bits per heavy atom. The Morgan fingerprint density at radius 1 is 1.00 bits per heavy atom. The van der Waals surface area contributed by atoms with E-state index in [0.717, 1.165) is 5.92 Å². The molecule has 0 aromatic heterocycles. The molecule has 2 aromatic rings. The van der Waals surface area contributed by atoms with Gasteiger partial charge in [-0.05, 0) is 54.6 Å². The summed E-state index contributed by atoms with van der Waals surface area (Å²) in [5.41, 5.74) is 1.40. The van der Waals surface area contributed by atoms with Crippen LogP contribution in [0, 0.1) is 5.92 Å². The lowest BCUT2D eigenvalue weighted by Crippen LogP contribution is -2.27. The van der Waals surface area contributed by atoms with Gasteiger partial charge in [-0.15, -0.1) is 0 Å². The number of rotatable bonds is 4. The van der Waals surface area contributed by atoms with Gasteiger partial charge < -0.3 is 5.32 Å². The summed E-state index contributed by atoms with van der Waals surface area (Å²) in [7, 11) is 0. The number of benzene rings is 2. The minimum absolute atomic E-state index is 0.446. The van der Waals surface area contributed by atoms with Gasteiger partial charge in [-0.25, -0.2) is 0 Å². The Morgan fingerprint density at radius 3 is 2.55 bits per heavy atom. The van der Waals surface area contributed by atoms with E-state index in [4.69, 9.17) is 0 Å². The number of nitrogens with one attached hydrogen (secondary N) is 1. The topological polar surface area (TPSA) is 12.0 Å². The van der Waals surface area contributed by atoms with Crippen LogP contribution in [0.25, 0.3) is 10.8 Å². The van der Waals surface area contributed by atoms with Crippen molar-refractivity contribution < 1.29 is 0 Å². The summed E-state index contributed by atoms with van der Waals surface area (Å²) >= 11 is 0. The highest BCUT2D eigenvalue weighted by molar-refractivity contribution is 5.83. The molecule has 1 aliphatic carbocycles. The SMILES string of the molecule is CC(NCC1CCCCC1)c1ccc2ccccc2c1. The molecule has 1 unspecified atom stereocenters. The van der Waals surface area contributed by atoms with Crippen LogP contribution in [0.4, 0.5) is 0 Å². The number of hydrogen-bond acceptors (Lipinski definition) is 1. The fourth-order valence-corrected chi connectivity index (χ4v) is 3.33. The second-order valence-electron chi connectivity index (χ2n) is 6.24. The maximum absolute atomic E-state index is 3.73. The molecule has 2 aromatic carbocycles. The molecular weight excluding hydrogens is 242 g/mol. The van der Waals surface area contributed by atoms with E-state index < -0.39 is 0 Å². The van der Waals surface area contributed by atoms with Crippen molar-refractivity contribution in [1.29, 1.82) is 0 Å². The van der Waals surface area contributed by atoms with E-state index in [-0.39, 0.29) is 0 Å². The van der Waals surface area contributed by atoms with Crippen LogP contribution in [0.1, 0.15) is 50.6 Å². The highest BCUT2D eigenvalue weighted by Crippen LogP contribution is 2.24. The fourth-order valence-electron chi connectivity index (χ4n) is 3.33. The lowest BCUT2D eigenvalue weighted by molar-refractivity contribution is 0.331. The standard InChI is InChI=1S/C19H25N/c1-15(20-14-16-7-3-2-4-8-16)18-12-11-17-9-5-6-10-19(17)13-18/h5-6,9-13,15-16,20H,2-4,7-8,14H2,1H3. The summed E-state index contributed by atoms with van der Waals surface area (Å²) in [6.45, 7) is 3.46. The first-order valence-corrected chi connectivity index (χ1v) is 8.05. The van der Waals surface area contributed by atoms with Gasteiger partial charge in [-0.1, -0.05) is 55.7 Å². The molecule has 0 spiro atoms. The fraction of sp³-hybridized carbons (Fsp3) is 0.474. The van der Waals surface area contributed by atoms with E-state index >= 15 is 0 Å². The molecule has 0 radical (unpaired) electrons. The van der Waals surface area contributed by atoms with Crippen molar-refractivity contribution in [3.8, 4) is 0 Å². The number of hydrogen-bond donors (Lipinski definition) is 1. The Balaban J connectivity index is 1.64. The van der Waals surface area contributed by atoms with Crippen LogP contribution >= 0.6 is 0 Å². The summed E-state index contributed by atoms with van der Waals surface area (Å²) in [5, 5.41) is 6.41. The van der Waals surface area contributed by atoms with E-state index in [1.807, 2.05) is 0 Å². The average Bonchev–Trinajstić information content (AvgIpc) is 2.53. The molecule has 1 nitrogen and oxygen atoms in total. The predicted octanol–water partition coefficient (Wildman–Crippen LogP) is 5.07. The molecule has 3 rings (SSSR count). The van der Waals surface area contributed by atoms with Gasteiger partial charge in [-0.3, -0.25) is 0 Å². The molecule has 1 atom stereocenters. The van der Waals surface area contributed by atoms with Gasteiger partial charge >= 0.3 is 0 Å². The van der Waals surface area contributed by atoms with Crippen molar-refractivity contribution in [3.05, 3.63) is 48.0 Å². The van der Waals surface area contributed by atoms with Crippen molar-refractivity contribution >= 4 is 10.8 Å². The van der Waals surface area contributed by atoms with Crippen molar-refractivity contribution in [2.45, 2.75) is 45.1 Å². The molecule has 1 fully saturated rings. The summed E-state index contributed by atoms with van der Waals surface area (Å²) in [6, 6.07) is 15.9. The van der Waals surface area contributed by atoms with Gasteiger partial charge in [0.25, 0.3) is 0 Å². The molecule has 1 N–H and O–H groups in total. The number of fused-ring (bicyclic) bond motifs is 1. The quantitative estimate of drug-likeness (QED) is 0.815. The van der Waals surface area contributed by atoms with Crippen LogP contribution in [0.5, 0.6) is 0 Å². The maximum atomic E-state index is 3.73. The molecule has 106 valence electrons. The molecule has 1 aliphatic rings. The smallest absolute Gasteiger partial charge is 0.0292 e. The van der Waals surface area contributed by atoms with Gasteiger partial charge in [0, 0.05) is 6.04 Å². The molecule has 1 saturated carbocycles. The third kappa shape index (κ3) is 3.21. The van der Waals surface area contributed by atoms with Crippen molar-refractivity contribution in [1.82, 2.24) is 5.32 Å². The van der Waals surface area contributed by atoms with Crippen LogP contribution in [-0.4, -0.2) is 6.54 Å². The molecular formula is C19H25N. The predicted molar refractivity (Wildman–Crippen MR) is 86.9 cm³/mol. The Labute approximate surface area is 122 Å². The van der Waals surface area contributed by atoms with Crippen LogP contribution in [0.15, 0.2) is 42.5 Å². The zero-order valence-corrected chi connectivity index (χ0v) is 12.4. The molecule has 0 saturated heterocycles. The van der Waals surface area contributed by atoms with E-state index in [1.165, 1.54) is 55.0 Å². The lowest BCUT2D eigenvalue weighted by atomic mass is 9.89. The molecule has 0 amide bonds. The van der Waals surface area contributed by atoms with Gasteiger partial charge in [0.2, 0.25) is 0 Å². The Kier molecular flexibility index (Phi) is 4.37. The van der Waals surface area contributed by atoms with Gasteiger partial charge in [0.05, 0.1) is 0 Å². The first kappa shape index (κ1) is 13.6. The Bertz CT molecular complexity index is 554. The van der Waals surface area contributed by atoms with Crippen LogP contribution in [0.2, 0.25) is 0 Å². The summed E-state index contributed by atoms with van der Waals surface area (Å²) in [5.74, 6) is 0.895. The molecule has 1 heteroatoms. The van der Waals surface area contributed by atoms with Gasteiger partial charge in [0.15, 0.2) is 0 Å². The second-order valence-corrected chi connectivity index (χ2v) is 6.24.